The molecular weight excluding hydrogens is 350 g/mol. The average Bonchev–Trinajstić information content (AvgIpc) is 2.61. The SMILES string of the molecule is COC(=O)c1ccc(C(=O)Nc2ccccc2NC(=O)OC(C)(C)C)nc1. The maximum Gasteiger partial charge on any atom is 0.412 e. The van der Waals surface area contributed by atoms with Gasteiger partial charge >= 0.3 is 12.1 Å². The Kier molecular flexibility index (Phi) is 6.12. The standard InChI is InChI=1S/C19H21N3O5/c1-19(2,3)27-18(25)22-14-8-6-5-7-13(14)21-16(23)15-10-9-12(11-20-15)17(24)26-4/h5-11H,1-4H3,(H,21,23)(H,22,25). The van der Waals surface area contributed by atoms with Crippen molar-refractivity contribution in [3.63, 3.8) is 0 Å². The first-order chi connectivity index (χ1) is 12.7. The van der Waals surface area contributed by atoms with Crippen LogP contribution in [0.15, 0.2) is 42.6 Å². The normalized spacial score (nSPS) is 10.7. The summed E-state index contributed by atoms with van der Waals surface area (Å²) in [6, 6.07) is 9.54. The predicted octanol–water partition coefficient (Wildman–Crippen LogP) is 3.47. The van der Waals surface area contributed by atoms with E-state index in [2.05, 4.69) is 20.4 Å². The van der Waals surface area contributed by atoms with Crippen LogP contribution < -0.4 is 10.6 Å². The van der Waals surface area contributed by atoms with Crippen LogP contribution in [0.25, 0.3) is 0 Å². The average molecular weight is 371 g/mol. The van der Waals surface area contributed by atoms with E-state index in [-0.39, 0.29) is 11.3 Å². The van der Waals surface area contributed by atoms with Gasteiger partial charge in [-0.05, 0) is 45.0 Å². The molecule has 0 aliphatic rings. The molecule has 2 N–H and O–H groups in total. The molecule has 0 unspecified atom stereocenters. The highest BCUT2D eigenvalue weighted by atomic mass is 16.6. The molecule has 1 aromatic heterocycles. The molecule has 2 rings (SSSR count). The summed E-state index contributed by atoms with van der Waals surface area (Å²) >= 11 is 0. The Labute approximate surface area is 156 Å². The third-order valence-electron chi connectivity index (χ3n) is 3.23. The molecule has 0 bridgehead atoms. The molecule has 1 aromatic carbocycles. The van der Waals surface area contributed by atoms with Gasteiger partial charge < -0.3 is 14.8 Å². The molecule has 0 aliphatic carbocycles. The summed E-state index contributed by atoms with van der Waals surface area (Å²) in [5.74, 6) is -1.04. The summed E-state index contributed by atoms with van der Waals surface area (Å²) in [5, 5.41) is 5.27. The molecule has 2 aromatic rings. The number of rotatable bonds is 4. The smallest absolute Gasteiger partial charge is 0.412 e. The molecule has 0 fully saturated rings. The van der Waals surface area contributed by atoms with Gasteiger partial charge in [0, 0.05) is 6.20 Å². The lowest BCUT2D eigenvalue weighted by atomic mass is 10.2. The van der Waals surface area contributed by atoms with Crippen molar-refractivity contribution >= 4 is 29.3 Å². The van der Waals surface area contributed by atoms with Gasteiger partial charge in [0.15, 0.2) is 0 Å². The number of anilines is 2. The van der Waals surface area contributed by atoms with Crippen LogP contribution in [-0.4, -0.2) is 35.7 Å². The van der Waals surface area contributed by atoms with Crippen molar-refractivity contribution in [2.45, 2.75) is 26.4 Å². The van der Waals surface area contributed by atoms with E-state index in [1.165, 1.54) is 25.4 Å². The number of hydrogen-bond acceptors (Lipinski definition) is 6. The van der Waals surface area contributed by atoms with E-state index in [1.54, 1.807) is 45.0 Å². The predicted molar refractivity (Wildman–Crippen MR) is 99.8 cm³/mol. The van der Waals surface area contributed by atoms with Gasteiger partial charge in [0.2, 0.25) is 0 Å². The van der Waals surface area contributed by atoms with Crippen LogP contribution >= 0.6 is 0 Å². The van der Waals surface area contributed by atoms with E-state index < -0.39 is 23.6 Å². The number of nitrogens with one attached hydrogen (secondary N) is 2. The number of pyridine rings is 1. The van der Waals surface area contributed by atoms with E-state index in [4.69, 9.17) is 4.74 Å². The maximum absolute atomic E-state index is 12.4. The van der Waals surface area contributed by atoms with Gasteiger partial charge in [0.05, 0.1) is 24.0 Å². The van der Waals surface area contributed by atoms with E-state index in [0.717, 1.165) is 0 Å². The van der Waals surface area contributed by atoms with Crippen molar-refractivity contribution in [1.82, 2.24) is 4.98 Å². The summed E-state index contributed by atoms with van der Waals surface area (Å²) in [7, 11) is 1.26. The monoisotopic (exact) mass is 371 g/mol. The maximum atomic E-state index is 12.4. The van der Waals surface area contributed by atoms with Crippen molar-refractivity contribution in [3.05, 3.63) is 53.9 Å². The van der Waals surface area contributed by atoms with Crippen LogP contribution in [0.1, 0.15) is 41.6 Å². The number of amides is 2. The minimum Gasteiger partial charge on any atom is -0.465 e. The second-order valence-corrected chi connectivity index (χ2v) is 6.55. The molecule has 0 atom stereocenters. The van der Waals surface area contributed by atoms with Crippen molar-refractivity contribution in [2.24, 2.45) is 0 Å². The van der Waals surface area contributed by atoms with Crippen molar-refractivity contribution in [2.75, 3.05) is 17.7 Å². The first kappa shape index (κ1) is 19.9. The number of esters is 1. The number of carbonyl (C=O) groups excluding carboxylic acids is 3. The van der Waals surface area contributed by atoms with E-state index in [1.807, 2.05) is 0 Å². The van der Waals surface area contributed by atoms with E-state index in [0.29, 0.717) is 11.4 Å². The first-order valence-electron chi connectivity index (χ1n) is 8.14. The van der Waals surface area contributed by atoms with Crippen LogP contribution in [0.5, 0.6) is 0 Å². The summed E-state index contributed by atoms with van der Waals surface area (Å²) < 4.78 is 9.80. The molecular formula is C19H21N3O5. The highest BCUT2D eigenvalue weighted by Crippen LogP contribution is 2.22. The molecule has 0 radical (unpaired) electrons. The highest BCUT2D eigenvalue weighted by molar-refractivity contribution is 6.06. The fourth-order valence-corrected chi connectivity index (χ4v) is 2.07. The summed E-state index contributed by atoms with van der Waals surface area (Å²) in [6.07, 6.45) is 0.621. The van der Waals surface area contributed by atoms with Gasteiger partial charge in [-0.25, -0.2) is 9.59 Å². The number of nitrogens with zero attached hydrogens (tertiary/aromatic N) is 1. The zero-order chi connectivity index (χ0) is 20.0. The van der Waals surface area contributed by atoms with Crippen molar-refractivity contribution in [1.29, 1.82) is 0 Å². The minimum absolute atomic E-state index is 0.106. The number of benzene rings is 1. The number of aromatic nitrogens is 1. The second-order valence-electron chi connectivity index (χ2n) is 6.55. The van der Waals surface area contributed by atoms with Gasteiger partial charge in [0.1, 0.15) is 11.3 Å². The summed E-state index contributed by atoms with van der Waals surface area (Å²) in [4.78, 5) is 39.7. The number of methoxy groups -OCH3 is 1. The Hall–Kier alpha value is -3.42. The van der Waals surface area contributed by atoms with Crippen molar-refractivity contribution in [3.8, 4) is 0 Å². The summed E-state index contributed by atoms with van der Waals surface area (Å²) in [6.45, 7) is 5.26. The zero-order valence-electron chi connectivity index (χ0n) is 15.5. The molecule has 0 saturated heterocycles. The molecule has 0 saturated carbocycles. The van der Waals surface area contributed by atoms with Crippen LogP contribution in [0.2, 0.25) is 0 Å². The van der Waals surface area contributed by atoms with E-state index in [9.17, 15) is 14.4 Å². The largest absolute Gasteiger partial charge is 0.465 e. The Balaban J connectivity index is 2.12. The van der Waals surface area contributed by atoms with Gasteiger partial charge in [-0.3, -0.25) is 15.1 Å². The Morgan fingerprint density at radius 1 is 0.963 bits per heavy atom. The molecule has 8 nitrogen and oxygen atoms in total. The minimum atomic E-state index is -0.645. The third kappa shape index (κ3) is 5.81. The van der Waals surface area contributed by atoms with Gasteiger partial charge in [-0.15, -0.1) is 0 Å². The topological polar surface area (TPSA) is 107 Å². The van der Waals surface area contributed by atoms with Crippen LogP contribution in [-0.2, 0) is 9.47 Å². The molecule has 0 spiro atoms. The third-order valence-corrected chi connectivity index (χ3v) is 3.23. The molecule has 0 aliphatic heterocycles. The fraction of sp³-hybridized carbons (Fsp3) is 0.263. The second kappa shape index (κ2) is 8.31. The Morgan fingerprint density at radius 3 is 2.11 bits per heavy atom. The highest BCUT2D eigenvalue weighted by Gasteiger charge is 2.18. The van der Waals surface area contributed by atoms with Crippen LogP contribution in [0.3, 0.4) is 0 Å². The zero-order valence-corrected chi connectivity index (χ0v) is 15.5. The number of para-hydroxylation sites is 2. The van der Waals surface area contributed by atoms with Gasteiger partial charge in [0.25, 0.3) is 5.91 Å². The number of carbonyl (C=O) groups is 3. The van der Waals surface area contributed by atoms with E-state index >= 15 is 0 Å². The fourth-order valence-electron chi connectivity index (χ4n) is 2.07. The Morgan fingerprint density at radius 2 is 1.59 bits per heavy atom. The molecule has 2 amide bonds. The van der Waals surface area contributed by atoms with Crippen LogP contribution in [0, 0.1) is 0 Å². The summed E-state index contributed by atoms with van der Waals surface area (Å²) in [5.41, 5.74) is 0.461. The van der Waals surface area contributed by atoms with Gasteiger partial charge in [-0.2, -0.15) is 0 Å². The molecule has 8 heteroatoms. The van der Waals surface area contributed by atoms with Crippen LogP contribution in [0.4, 0.5) is 16.2 Å². The first-order valence-corrected chi connectivity index (χ1v) is 8.14. The quantitative estimate of drug-likeness (QED) is 0.797. The lowest BCUT2D eigenvalue weighted by molar-refractivity contribution is 0.0597. The van der Waals surface area contributed by atoms with Crippen molar-refractivity contribution < 1.29 is 23.9 Å². The number of hydrogen-bond donors (Lipinski definition) is 2. The lowest BCUT2D eigenvalue weighted by Crippen LogP contribution is -2.27. The lowest BCUT2D eigenvalue weighted by Gasteiger charge is -2.20. The van der Waals surface area contributed by atoms with Gasteiger partial charge in [-0.1, -0.05) is 12.1 Å². The molecule has 27 heavy (non-hydrogen) atoms. The Bertz CT molecular complexity index is 841. The number of ether oxygens (including phenoxy) is 2. The molecule has 142 valence electrons. The molecule has 1 heterocycles.